The van der Waals surface area contributed by atoms with Crippen molar-refractivity contribution in [1.82, 2.24) is 10.3 Å². The number of pyridine rings is 1. The second-order valence-electron chi connectivity index (χ2n) is 3.16. The van der Waals surface area contributed by atoms with Gasteiger partial charge in [0.1, 0.15) is 0 Å². The van der Waals surface area contributed by atoms with Gasteiger partial charge in [-0.25, -0.2) is 0 Å². The number of aromatic amines is 1. The number of aromatic nitrogens is 1. The van der Waals surface area contributed by atoms with E-state index in [9.17, 15) is 9.59 Å². The van der Waals surface area contributed by atoms with Gasteiger partial charge in [0.2, 0.25) is 5.56 Å². The molecule has 0 fully saturated rings. The topological polar surface area (TPSA) is 71.2 Å². The van der Waals surface area contributed by atoms with Gasteiger partial charge in [-0.3, -0.25) is 9.59 Å². The Kier molecular flexibility index (Phi) is 4.05. The lowest BCUT2D eigenvalue weighted by Gasteiger charge is -2.04. The highest BCUT2D eigenvalue weighted by molar-refractivity contribution is 5.94. The van der Waals surface area contributed by atoms with Crippen LogP contribution in [0.3, 0.4) is 0 Å². The maximum atomic E-state index is 11.5. The number of H-pyrrole nitrogens is 1. The van der Waals surface area contributed by atoms with Gasteiger partial charge in [-0.1, -0.05) is 0 Å². The molecular formula is C10H14N2O3. The van der Waals surface area contributed by atoms with Crippen molar-refractivity contribution in [2.45, 2.75) is 6.92 Å². The van der Waals surface area contributed by atoms with Crippen molar-refractivity contribution in [3.63, 3.8) is 0 Å². The maximum absolute atomic E-state index is 11.5. The van der Waals surface area contributed by atoms with Crippen molar-refractivity contribution in [3.8, 4) is 0 Å². The maximum Gasteiger partial charge on any atom is 0.251 e. The average Bonchev–Trinajstić information content (AvgIpc) is 2.16. The van der Waals surface area contributed by atoms with Gasteiger partial charge in [0, 0.05) is 31.0 Å². The minimum Gasteiger partial charge on any atom is -0.383 e. The predicted octanol–water partition coefficient (Wildman–Crippen LogP) is 0.0595. The Labute approximate surface area is 87.5 Å². The molecule has 1 aromatic rings. The van der Waals surface area contributed by atoms with Crippen LogP contribution in [-0.2, 0) is 4.74 Å². The standard InChI is InChI=1S/C10H14N2O3/c1-7-5-8(6-9(13)12-7)10(14)11-3-4-15-2/h5-6H,3-4H2,1-2H3,(H,11,14)(H,12,13). The predicted molar refractivity (Wildman–Crippen MR) is 56.0 cm³/mol. The van der Waals surface area contributed by atoms with Gasteiger partial charge in [-0.15, -0.1) is 0 Å². The van der Waals surface area contributed by atoms with Crippen molar-refractivity contribution >= 4 is 5.91 Å². The number of carbonyl (C=O) groups is 1. The van der Waals surface area contributed by atoms with Crippen molar-refractivity contribution in [3.05, 3.63) is 33.7 Å². The molecule has 0 radical (unpaired) electrons. The van der Waals surface area contributed by atoms with E-state index >= 15 is 0 Å². The monoisotopic (exact) mass is 210 g/mol. The molecule has 0 aliphatic carbocycles. The molecular weight excluding hydrogens is 196 g/mol. The van der Waals surface area contributed by atoms with Crippen LogP contribution in [0.4, 0.5) is 0 Å². The van der Waals surface area contributed by atoms with Crippen LogP contribution in [-0.4, -0.2) is 31.2 Å². The van der Waals surface area contributed by atoms with E-state index in [0.29, 0.717) is 24.4 Å². The highest BCUT2D eigenvalue weighted by Crippen LogP contribution is 1.96. The molecule has 0 bridgehead atoms. The molecule has 82 valence electrons. The summed E-state index contributed by atoms with van der Waals surface area (Å²) in [5, 5.41) is 2.64. The van der Waals surface area contributed by atoms with Crippen molar-refractivity contribution < 1.29 is 9.53 Å². The quantitative estimate of drug-likeness (QED) is 0.690. The van der Waals surface area contributed by atoms with Crippen LogP contribution in [0.2, 0.25) is 0 Å². The zero-order valence-corrected chi connectivity index (χ0v) is 8.79. The molecule has 0 aromatic carbocycles. The fourth-order valence-corrected chi connectivity index (χ4v) is 1.18. The van der Waals surface area contributed by atoms with E-state index in [1.165, 1.54) is 6.07 Å². The summed E-state index contributed by atoms with van der Waals surface area (Å²) in [6.45, 7) is 2.61. The van der Waals surface area contributed by atoms with E-state index in [2.05, 4.69) is 10.3 Å². The fourth-order valence-electron chi connectivity index (χ4n) is 1.18. The molecule has 0 unspecified atom stereocenters. The summed E-state index contributed by atoms with van der Waals surface area (Å²) in [6.07, 6.45) is 0. The number of amides is 1. The third-order valence-corrected chi connectivity index (χ3v) is 1.83. The largest absolute Gasteiger partial charge is 0.383 e. The molecule has 5 heteroatoms. The van der Waals surface area contributed by atoms with Gasteiger partial charge >= 0.3 is 0 Å². The van der Waals surface area contributed by atoms with Crippen LogP contribution >= 0.6 is 0 Å². The van der Waals surface area contributed by atoms with Gasteiger partial charge in [0.15, 0.2) is 0 Å². The van der Waals surface area contributed by atoms with E-state index in [1.807, 2.05) is 0 Å². The number of ether oxygens (including phenoxy) is 1. The van der Waals surface area contributed by atoms with E-state index < -0.39 is 0 Å². The number of nitrogens with one attached hydrogen (secondary N) is 2. The Morgan fingerprint density at radius 2 is 2.27 bits per heavy atom. The molecule has 5 nitrogen and oxygen atoms in total. The number of rotatable bonds is 4. The van der Waals surface area contributed by atoms with Crippen LogP contribution in [0.5, 0.6) is 0 Å². The number of methoxy groups -OCH3 is 1. The smallest absolute Gasteiger partial charge is 0.251 e. The van der Waals surface area contributed by atoms with Gasteiger partial charge in [-0.2, -0.15) is 0 Å². The number of hydrogen-bond donors (Lipinski definition) is 2. The van der Waals surface area contributed by atoms with E-state index in [0.717, 1.165) is 0 Å². The molecule has 0 aliphatic rings. The SMILES string of the molecule is COCCNC(=O)c1cc(C)[nH]c(=O)c1. The summed E-state index contributed by atoms with van der Waals surface area (Å²) in [7, 11) is 1.56. The summed E-state index contributed by atoms with van der Waals surface area (Å²) >= 11 is 0. The average molecular weight is 210 g/mol. The van der Waals surface area contributed by atoms with Crippen molar-refractivity contribution in [1.29, 1.82) is 0 Å². The second kappa shape index (κ2) is 5.31. The Morgan fingerprint density at radius 1 is 1.53 bits per heavy atom. The molecule has 15 heavy (non-hydrogen) atoms. The summed E-state index contributed by atoms with van der Waals surface area (Å²) in [5.74, 6) is -0.263. The Balaban J connectivity index is 2.69. The highest BCUT2D eigenvalue weighted by Gasteiger charge is 2.05. The summed E-state index contributed by atoms with van der Waals surface area (Å²) < 4.78 is 4.79. The molecule has 1 amide bonds. The molecule has 0 saturated carbocycles. The Hall–Kier alpha value is -1.62. The molecule has 0 atom stereocenters. The normalized spacial score (nSPS) is 10.0. The lowest BCUT2D eigenvalue weighted by molar-refractivity contribution is 0.0937. The molecule has 0 aliphatic heterocycles. The van der Waals surface area contributed by atoms with Crippen LogP contribution in [0, 0.1) is 6.92 Å². The van der Waals surface area contributed by atoms with Crippen LogP contribution in [0.15, 0.2) is 16.9 Å². The van der Waals surface area contributed by atoms with Crippen molar-refractivity contribution in [2.75, 3.05) is 20.3 Å². The lowest BCUT2D eigenvalue weighted by atomic mass is 10.2. The van der Waals surface area contributed by atoms with Crippen LogP contribution in [0.25, 0.3) is 0 Å². The minimum atomic E-state index is -0.271. The zero-order valence-electron chi connectivity index (χ0n) is 8.79. The molecule has 1 rings (SSSR count). The molecule has 1 aromatic heterocycles. The summed E-state index contributed by atoms with van der Waals surface area (Å²) in [4.78, 5) is 25.2. The highest BCUT2D eigenvalue weighted by atomic mass is 16.5. The number of hydrogen-bond acceptors (Lipinski definition) is 3. The first-order valence-corrected chi connectivity index (χ1v) is 4.61. The summed E-state index contributed by atoms with van der Waals surface area (Å²) in [5.41, 5.74) is 0.763. The first-order valence-electron chi connectivity index (χ1n) is 4.61. The molecule has 0 saturated heterocycles. The van der Waals surface area contributed by atoms with Crippen LogP contribution in [0.1, 0.15) is 16.1 Å². The third kappa shape index (κ3) is 3.55. The molecule has 2 N–H and O–H groups in total. The number of aryl methyl sites for hydroxylation is 1. The lowest BCUT2D eigenvalue weighted by Crippen LogP contribution is -2.28. The van der Waals surface area contributed by atoms with Gasteiger partial charge in [0.25, 0.3) is 5.91 Å². The van der Waals surface area contributed by atoms with Gasteiger partial charge in [0.05, 0.1) is 6.61 Å². The second-order valence-corrected chi connectivity index (χ2v) is 3.16. The first kappa shape index (κ1) is 11.5. The van der Waals surface area contributed by atoms with Gasteiger partial charge in [-0.05, 0) is 13.0 Å². The Bertz CT molecular complexity index is 398. The third-order valence-electron chi connectivity index (χ3n) is 1.83. The van der Waals surface area contributed by atoms with E-state index in [-0.39, 0.29) is 11.5 Å². The Morgan fingerprint density at radius 3 is 2.87 bits per heavy atom. The van der Waals surface area contributed by atoms with Crippen LogP contribution < -0.4 is 10.9 Å². The fraction of sp³-hybridized carbons (Fsp3) is 0.400. The van der Waals surface area contributed by atoms with Crippen molar-refractivity contribution in [2.24, 2.45) is 0 Å². The molecule has 1 heterocycles. The van der Waals surface area contributed by atoms with E-state index in [1.54, 1.807) is 20.1 Å². The molecule has 0 spiro atoms. The first-order chi connectivity index (χ1) is 7.13. The zero-order chi connectivity index (χ0) is 11.3. The number of carbonyl (C=O) groups excluding carboxylic acids is 1. The summed E-state index contributed by atoms with van der Waals surface area (Å²) in [6, 6.07) is 2.90. The van der Waals surface area contributed by atoms with E-state index in [4.69, 9.17) is 4.74 Å². The minimum absolute atomic E-state index is 0.263. The van der Waals surface area contributed by atoms with Gasteiger partial charge < -0.3 is 15.0 Å².